The van der Waals surface area contributed by atoms with Crippen LogP contribution in [0.3, 0.4) is 0 Å². The van der Waals surface area contributed by atoms with Gasteiger partial charge in [0.2, 0.25) is 0 Å². The van der Waals surface area contributed by atoms with Crippen molar-refractivity contribution in [3.8, 4) is 11.5 Å². The Balaban J connectivity index is 1.85. The van der Waals surface area contributed by atoms with Gasteiger partial charge in [-0.25, -0.2) is 0 Å². The second-order valence-electron chi connectivity index (χ2n) is 5.70. The van der Waals surface area contributed by atoms with E-state index in [9.17, 15) is 9.90 Å². The molecule has 3 nitrogen and oxygen atoms in total. The van der Waals surface area contributed by atoms with E-state index in [2.05, 4.69) is 6.92 Å². The maximum atomic E-state index is 12.3. The van der Waals surface area contributed by atoms with Gasteiger partial charge >= 0.3 is 5.97 Å². The third-order valence-electron chi connectivity index (χ3n) is 4.50. The number of esters is 1. The number of carbonyl (C=O) groups excluding carboxylic acids is 1. The molecule has 2 unspecified atom stereocenters. The average molecular weight is 270 g/mol. The number of aromatic hydroxyl groups is 1. The molecule has 3 rings (SSSR count). The molecule has 0 heterocycles. The molecule has 20 heavy (non-hydrogen) atoms. The molecule has 0 saturated heterocycles. The highest BCUT2D eigenvalue weighted by atomic mass is 16.5. The highest BCUT2D eigenvalue weighted by Crippen LogP contribution is 2.55. The summed E-state index contributed by atoms with van der Waals surface area (Å²) in [6.07, 6.45) is 1.75. The normalized spacial score (nSPS) is 24.6. The molecule has 0 aromatic heterocycles. The Hall–Kier alpha value is -2.03. The van der Waals surface area contributed by atoms with Crippen molar-refractivity contribution in [3.63, 3.8) is 0 Å². The zero-order chi connectivity index (χ0) is 14.3. The van der Waals surface area contributed by atoms with Gasteiger partial charge in [-0.15, -0.1) is 0 Å². The molecule has 1 saturated carbocycles. The summed E-state index contributed by atoms with van der Waals surface area (Å²) in [5, 5.41) is 11.3. The van der Waals surface area contributed by atoms with Gasteiger partial charge in [-0.2, -0.15) is 0 Å². The SMILES string of the molecule is CCC1(C(=O)Oc2ccc3cc(O)ccc3c2)CC1C. The van der Waals surface area contributed by atoms with E-state index in [1.165, 1.54) is 0 Å². The number of rotatable bonds is 3. The van der Waals surface area contributed by atoms with Crippen molar-refractivity contribution in [3.05, 3.63) is 36.4 Å². The van der Waals surface area contributed by atoms with Crippen LogP contribution >= 0.6 is 0 Å². The summed E-state index contributed by atoms with van der Waals surface area (Å²) < 4.78 is 5.54. The van der Waals surface area contributed by atoms with Crippen LogP contribution in [0.25, 0.3) is 10.8 Å². The second kappa shape index (κ2) is 4.51. The first-order valence-electron chi connectivity index (χ1n) is 7.00. The zero-order valence-corrected chi connectivity index (χ0v) is 11.7. The van der Waals surface area contributed by atoms with E-state index in [4.69, 9.17) is 4.74 Å². The van der Waals surface area contributed by atoms with Crippen molar-refractivity contribution in [2.75, 3.05) is 0 Å². The van der Waals surface area contributed by atoms with Crippen molar-refractivity contribution in [1.82, 2.24) is 0 Å². The molecule has 1 N–H and O–H groups in total. The van der Waals surface area contributed by atoms with E-state index in [1.54, 1.807) is 18.2 Å². The van der Waals surface area contributed by atoms with E-state index in [0.29, 0.717) is 11.7 Å². The Morgan fingerprint density at radius 2 is 1.95 bits per heavy atom. The monoisotopic (exact) mass is 270 g/mol. The van der Waals surface area contributed by atoms with Crippen LogP contribution in [0.15, 0.2) is 36.4 Å². The average Bonchev–Trinajstić information content (AvgIpc) is 3.11. The Bertz CT molecular complexity index is 673. The third kappa shape index (κ3) is 2.03. The van der Waals surface area contributed by atoms with Crippen molar-refractivity contribution in [1.29, 1.82) is 0 Å². The van der Waals surface area contributed by atoms with Crippen molar-refractivity contribution >= 4 is 16.7 Å². The lowest BCUT2D eigenvalue weighted by atomic mass is 10.0. The van der Waals surface area contributed by atoms with Gasteiger partial charge in [0.1, 0.15) is 11.5 Å². The van der Waals surface area contributed by atoms with Crippen molar-refractivity contribution in [2.24, 2.45) is 11.3 Å². The number of carbonyl (C=O) groups is 1. The second-order valence-corrected chi connectivity index (χ2v) is 5.70. The molecular weight excluding hydrogens is 252 g/mol. The maximum Gasteiger partial charge on any atom is 0.317 e. The Kier molecular flexibility index (Phi) is 2.93. The fourth-order valence-corrected chi connectivity index (χ4v) is 2.89. The smallest absolute Gasteiger partial charge is 0.317 e. The van der Waals surface area contributed by atoms with Gasteiger partial charge in [0.25, 0.3) is 0 Å². The lowest BCUT2D eigenvalue weighted by molar-refractivity contribution is -0.141. The third-order valence-corrected chi connectivity index (χ3v) is 4.50. The molecule has 0 amide bonds. The highest BCUT2D eigenvalue weighted by molar-refractivity contribution is 5.87. The van der Waals surface area contributed by atoms with Gasteiger partial charge in [0.05, 0.1) is 5.41 Å². The molecule has 2 atom stereocenters. The lowest BCUT2D eigenvalue weighted by Gasteiger charge is -2.13. The Morgan fingerprint density at radius 3 is 2.60 bits per heavy atom. The molecule has 104 valence electrons. The molecule has 2 aromatic carbocycles. The van der Waals surface area contributed by atoms with Crippen molar-refractivity contribution in [2.45, 2.75) is 26.7 Å². The molecule has 0 spiro atoms. The first-order chi connectivity index (χ1) is 9.55. The number of phenolic OH excluding ortho intramolecular Hbond substituents is 1. The summed E-state index contributed by atoms with van der Waals surface area (Å²) in [5.41, 5.74) is -0.274. The molecule has 0 bridgehead atoms. The first-order valence-corrected chi connectivity index (χ1v) is 7.00. The largest absolute Gasteiger partial charge is 0.508 e. The molecule has 0 aliphatic heterocycles. The standard InChI is InChI=1S/C17H18O3/c1-3-17(10-11(17)2)16(19)20-15-7-5-12-8-14(18)6-4-13(12)9-15/h4-9,11,18H,3,10H2,1-2H3. The molecule has 1 fully saturated rings. The van der Waals surface area contributed by atoms with Gasteiger partial charge in [-0.1, -0.05) is 26.0 Å². The van der Waals surface area contributed by atoms with Crippen LogP contribution in [0.2, 0.25) is 0 Å². The zero-order valence-electron chi connectivity index (χ0n) is 11.7. The Labute approximate surface area is 118 Å². The summed E-state index contributed by atoms with van der Waals surface area (Å²) >= 11 is 0. The maximum absolute atomic E-state index is 12.3. The summed E-state index contributed by atoms with van der Waals surface area (Å²) in [5.74, 6) is 1.10. The van der Waals surface area contributed by atoms with Gasteiger partial charge in [0, 0.05) is 0 Å². The van der Waals surface area contributed by atoms with Gasteiger partial charge in [-0.05, 0) is 53.8 Å². The summed E-state index contributed by atoms with van der Waals surface area (Å²) in [7, 11) is 0. The van der Waals surface area contributed by atoms with E-state index in [0.717, 1.165) is 23.6 Å². The number of phenols is 1. The predicted octanol–water partition coefficient (Wildman–Crippen LogP) is 3.89. The van der Waals surface area contributed by atoms with Crippen molar-refractivity contribution < 1.29 is 14.6 Å². The topological polar surface area (TPSA) is 46.5 Å². The minimum Gasteiger partial charge on any atom is -0.508 e. The van der Waals surface area contributed by atoms with Crippen LogP contribution in [0.4, 0.5) is 0 Å². The van der Waals surface area contributed by atoms with Crippen LogP contribution in [-0.2, 0) is 4.79 Å². The van der Waals surface area contributed by atoms with Crippen LogP contribution in [0.5, 0.6) is 11.5 Å². The molecule has 1 aliphatic carbocycles. The fraction of sp³-hybridized carbons (Fsp3) is 0.353. The summed E-state index contributed by atoms with van der Waals surface area (Å²) in [4.78, 5) is 12.3. The first kappa shape index (κ1) is 13.0. The summed E-state index contributed by atoms with van der Waals surface area (Å²) in [6, 6.07) is 10.6. The van der Waals surface area contributed by atoms with Crippen LogP contribution < -0.4 is 4.74 Å². The number of benzene rings is 2. The molecule has 1 aliphatic rings. The molecular formula is C17H18O3. The van der Waals surface area contributed by atoms with Gasteiger partial charge < -0.3 is 9.84 Å². The van der Waals surface area contributed by atoms with Gasteiger partial charge in [-0.3, -0.25) is 4.79 Å². The minimum absolute atomic E-state index is 0.120. The summed E-state index contributed by atoms with van der Waals surface area (Å²) in [6.45, 7) is 4.13. The predicted molar refractivity (Wildman–Crippen MR) is 77.8 cm³/mol. The number of ether oxygens (including phenoxy) is 1. The van der Waals surface area contributed by atoms with Crippen LogP contribution in [0.1, 0.15) is 26.7 Å². The Morgan fingerprint density at radius 1 is 1.30 bits per heavy atom. The molecule has 2 aromatic rings. The lowest BCUT2D eigenvalue weighted by Crippen LogP contribution is -2.22. The van der Waals surface area contributed by atoms with E-state index >= 15 is 0 Å². The van der Waals surface area contributed by atoms with Crippen LogP contribution in [0, 0.1) is 11.3 Å². The fourth-order valence-electron chi connectivity index (χ4n) is 2.89. The quantitative estimate of drug-likeness (QED) is 0.680. The van der Waals surface area contributed by atoms with E-state index in [1.807, 2.05) is 25.1 Å². The van der Waals surface area contributed by atoms with Gasteiger partial charge in [0.15, 0.2) is 0 Å². The highest BCUT2D eigenvalue weighted by Gasteiger charge is 2.57. The number of hydrogen-bond donors (Lipinski definition) is 1. The number of hydrogen-bond acceptors (Lipinski definition) is 3. The van der Waals surface area contributed by atoms with Crippen LogP contribution in [-0.4, -0.2) is 11.1 Å². The minimum atomic E-state index is -0.274. The van der Waals surface area contributed by atoms with E-state index in [-0.39, 0.29) is 17.1 Å². The number of fused-ring (bicyclic) bond motifs is 1. The molecule has 0 radical (unpaired) electrons. The van der Waals surface area contributed by atoms with E-state index < -0.39 is 0 Å². The molecule has 3 heteroatoms.